The fourth-order valence-electron chi connectivity index (χ4n) is 4.38. The second kappa shape index (κ2) is 11.4. The molecule has 0 saturated heterocycles. The first-order valence-corrected chi connectivity index (χ1v) is 13.0. The molecule has 1 aliphatic carbocycles. The van der Waals surface area contributed by atoms with Gasteiger partial charge in [-0.05, 0) is 88.6 Å². The summed E-state index contributed by atoms with van der Waals surface area (Å²) in [7, 11) is 0. The van der Waals surface area contributed by atoms with Crippen molar-refractivity contribution < 1.29 is 19.1 Å². The lowest BCUT2D eigenvalue weighted by Crippen LogP contribution is -2.55. The Labute approximate surface area is 221 Å². The highest BCUT2D eigenvalue weighted by atomic mass is 16.6. The van der Waals surface area contributed by atoms with E-state index in [0.29, 0.717) is 5.69 Å². The quantitative estimate of drug-likeness (QED) is 0.470. The average molecular weight is 508 g/mol. The first kappa shape index (κ1) is 28.2. The van der Waals surface area contributed by atoms with E-state index in [1.54, 1.807) is 25.7 Å². The van der Waals surface area contributed by atoms with Gasteiger partial charge in [0.05, 0.1) is 0 Å². The van der Waals surface area contributed by atoms with Crippen LogP contribution in [0.25, 0.3) is 0 Å². The first-order chi connectivity index (χ1) is 17.3. The Hall–Kier alpha value is -3.35. The molecule has 0 heterocycles. The highest BCUT2D eigenvalue weighted by Gasteiger charge is 2.45. The predicted molar refractivity (Wildman–Crippen MR) is 146 cm³/mol. The zero-order valence-electron chi connectivity index (χ0n) is 23.3. The predicted octanol–water partition coefficient (Wildman–Crippen LogP) is 5.83. The molecule has 200 valence electrons. The summed E-state index contributed by atoms with van der Waals surface area (Å²) in [5, 5.41) is 5.85. The molecule has 0 aromatic heterocycles. The van der Waals surface area contributed by atoms with Gasteiger partial charge in [-0.1, -0.05) is 50.2 Å². The number of hydrogen-bond donors (Lipinski definition) is 2. The van der Waals surface area contributed by atoms with Gasteiger partial charge in [0.1, 0.15) is 17.7 Å². The number of para-hydroxylation sites is 1. The second-order valence-electron chi connectivity index (χ2n) is 11.3. The number of rotatable bonds is 8. The van der Waals surface area contributed by atoms with E-state index in [0.717, 1.165) is 35.1 Å². The fourth-order valence-corrected chi connectivity index (χ4v) is 4.38. The number of alkyl carbamates (subject to hydrolysis) is 1. The SMILES string of the molecule is Cc1ccccc1NC(=O)C(c1cccc(C)c1C)N(C(=O)C(NC(=O)OC(C)(C)C)C(C)C)C1CC1. The van der Waals surface area contributed by atoms with E-state index >= 15 is 0 Å². The number of anilines is 1. The number of carbonyl (C=O) groups excluding carboxylic acids is 3. The summed E-state index contributed by atoms with van der Waals surface area (Å²) in [5.41, 5.74) is 3.74. The Balaban J connectivity index is 2.04. The number of aryl methyl sites for hydroxylation is 2. The van der Waals surface area contributed by atoms with Crippen molar-refractivity contribution in [2.75, 3.05) is 5.32 Å². The maximum atomic E-state index is 14.2. The number of ether oxygens (including phenoxy) is 1. The van der Waals surface area contributed by atoms with Crippen LogP contribution in [0.1, 0.15) is 75.8 Å². The second-order valence-corrected chi connectivity index (χ2v) is 11.3. The van der Waals surface area contributed by atoms with E-state index in [1.807, 2.05) is 77.1 Å². The van der Waals surface area contributed by atoms with Gasteiger partial charge in [0.2, 0.25) is 5.91 Å². The Morgan fingerprint density at radius 3 is 2.14 bits per heavy atom. The molecule has 1 aliphatic rings. The third-order valence-corrected chi connectivity index (χ3v) is 6.67. The van der Waals surface area contributed by atoms with Gasteiger partial charge >= 0.3 is 6.09 Å². The highest BCUT2D eigenvalue weighted by molar-refractivity contribution is 6.00. The molecule has 1 saturated carbocycles. The van der Waals surface area contributed by atoms with Crippen LogP contribution >= 0.6 is 0 Å². The normalized spacial score (nSPS) is 15.1. The van der Waals surface area contributed by atoms with Gasteiger partial charge in [0.15, 0.2) is 0 Å². The van der Waals surface area contributed by atoms with Gasteiger partial charge in [-0.15, -0.1) is 0 Å². The fraction of sp³-hybridized carbons (Fsp3) is 0.500. The van der Waals surface area contributed by atoms with E-state index in [2.05, 4.69) is 10.6 Å². The van der Waals surface area contributed by atoms with Gasteiger partial charge < -0.3 is 20.3 Å². The number of carbonyl (C=O) groups is 3. The Bertz CT molecular complexity index is 1150. The molecule has 2 aromatic carbocycles. The van der Waals surface area contributed by atoms with Crippen LogP contribution in [-0.4, -0.2) is 40.5 Å². The number of benzene rings is 2. The van der Waals surface area contributed by atoms with Gasteiger partial charge in [0.25, 0.3) is 5.91 Å². The Morgan fingerprint density at radius 1 is 0.946 bits per heavy atom. The molecule has 3 rings (SSSR count). The zero-order valence-corrected chi connectivity index (χ0v) is 23.3. The lowest BCUT2D eigenvalue weighted by Gasteiger charge is -2.36. The van der Waals surface area contributed by atoms with Crippen LogP contribution in [0.2, 0.25) is 0 Å². The molecule has 0 spiro atoms. The third-order valence-electron chi connectivity index (χ3n) is 6.67. The number of nitrogens with zero attached hydrogens (tertiary/aromatic N) is 1. The van der Waals surface area contributed by atoms with Gasteiger partial charge in [0, 0.05) is 11.7 Å². The summed E-state index contributed by atoms with van der Waals surface area (Å²) >= 11 is 0. The van der Waals surface area contributed by atoms with E-state index in [1.165, 1.54) is 0 Å². The van der Waals surface area contributed by atoms with Crippen molar-refractivity contribution in [1.82, 2.24) is 10.2 Å². The topological polar surface area (TPSA) is 87.7 Å². The smallest absolute Gasteiger partial charge is 0.408 e. The minimum absolute atomic E-state index is 0.0817. The summed E-state index contributed by atoms with van der Waals surface area (Å²) in [4.78, 5) is 42.5. The minimum atomic E-state index is -0.846. The van der Waals surface area contributed by atoms with E-state index in [4.69, 9.17) is 4.74 Å². The van der Waals surface area contributed by atoms with Crippen molar-refractivity contribution >= 4 is 23.6 Å². The molecule has 7 nitrogen and oxygen atoms in total. The van der Waals surface area contributed by atoms with Crippen molar-refractivity contribution in [3.05, 3.63) is 64.7 Å². The molecule has 7 heteroatoms. The maximum Gasteiger partial charge on any atom is 0.408 e. The minimum Gasteiger partial charge on any atom is -0.444 e. The zero-order chi connectivity index (χ0) is 27.5. The highest BCUT2D eigenvalue weighted by Crippen LogP contribution is 2.38. The summed E-state index contributed by atoms with van der Waals surface area (Å²) in [6, 6.07) is 11.7. The van der Waals surface area contributed by atoms with Crippen LogP contribution in [0.3, 0.4) is 0 Å². The lowest BCUT2D eigenvalue weighted by atomic mass is 9.93. The average Bonchev–Trinajstić information content (AvgIpc) is 3.63. The summed E-state index contributed by atoms with van der Waals surface area (Å²) in [6.45, 7) is 15.0. The summed E-state index contributed by atoms with van der Waals surface area (Å²) in [5.74, 6) is -0.767. The molecule has 37 heavy (non-hydrogen) atoms. The van der Waals surface area contributed by atoms with Gasteiger partial charge in [-0.2, -0.15) is 0 Å². The standard InChI is InChI=1S/C30H41N3O4/c1-18(2)25(32-29(36)37-30(6,7)8)28(35)33(22-16-17-22)26(23-14-11-13-19(3)21(23)5)27(34)31-24-15-10-9-12-20(24)4/h9-15,18,22,25-26H,16-17H2,1-8H3,(H,31,34)(H,32,36). The molecule has 2 unspecified atom stereocenters. The number of nitrogens with one attached hydrogen (secondary N) is 2. The number of amides is 3. The molecular weight excluding hydrogens is 466 g/mol. The largest absolute Gasteiger partial charge is 0.444 e. The van der Waals surface area contributed by atoms with Crippen LogP contribution in [-0.2, 0) is 14.3 Å². The maximum absolute atomic E-state index is 14.2. The van der Waals surface area contributed by atoms with Crippen LogP contribution in [0, 0.1) is 26.7 Å². The van der Waals surface area contributed by atoms with Crippen molar-refractivity contribution in [3.8, 4) is 0 Å². The Kier molecular flexibility index (Phi) is 8.67. The van der Waals surface area contributed by atoms with Crippen LogP contribution in [0.5, 0.6) is 0 Å². The lowest BCUT2D eigenvalue weighted by molar-refractivity contribution is -0.142. The van der Waals surface area contributed by atoms with Crippen molar-refractivity contribution in [2.24, 2.45) is 5.92 Å². The van der Waals surface area contributed by atoms with Gasteiger partial charge in [-0.3, -0.25) is 9.59 Å². The van der Waals surface area contributed by atoms with E-state index in [9.17, 15) is 14.4 Å². The van der Waals surface area contributed by atoms with Crippen LogP contribution in [0.4, 0.5) is 10.5 Å². The van der Waals surface area contributed by atoms with Crippen molar-refractivity contribution in [3.63, 3.8) is 0 Å². The molecule has 0 bridgehead atoms. The van der Waals surface area contributed by atoms with E-state index in [-0.39, 0.29) is 23.8 Å². The summed E-state index contributed by atoms with van der Waals surface area (Å²) in [6.07, 6.45) is 0.965. The Morgan fingerprint density at radius 2 is 1.57 bits per heavy atom. The van der Waals surface area contributed by atoms with Crippen molar-refractivity contribution in [1.29, 1.82) is 0 Å². The molecule has 2 atom stereocenters. The van der Waals surface area contributed by atoms with Crippen LogP contribution < -0.4 is 10.6 Å². The molecular formula is C30H41N3O4. The molecule has 3 amide bonds. The molecule has 0 radical (unpaired) electrons. The van der Waals surface area contributed by atoms with Crippen molar-refractivity contribution in [2.45, 2.75) is 92.0 Å². The number of hydrogen-bond acceptors (Lipinski definition) is 4. The van der Waals surface area contributed by atoms with Crippen LogP contribution in [0.15, 0.2) is 42.5 Å². The molecule has 2 N–H and O–H groups in total. The molecule has 2 aromatic rings. The molecule has 0 aliphatic heterocycles. The monoisotopic (exact) mass is 507 g/mol. The van der Waals surface area contributed by atoms with Gasteiger partial charge in [-0.25, -0.2) is 4.79 Å². The summed E-state index contributed by atoms with van der Waals surface area (Å²) < 4.78 is 5.44. The molecule has 1 fully saturated rings. The third kappa shape index (κ3) is 7.12. The van der Waals surface area contributed by atoms with E-state index < -0.39 is 23.8 Å². The first-order valence-electron chi connectivity index (χ1n) is 13.0.